The summed E-state index contributed by atoms with van der Waals surface area (Å²) in [6, 6.07) is 6.33. The minimum atomic E-state index is -4.43. The van der Waals surface area contributed by atoms with Gasteiger partial charge in [0.2, 0.25) is 0 Å². The van der Waals surface area contributed by atoms with Crippen LogP contribution in [0.25, 0.3) is 0 Å². The Bertz CT molecular complexity index is 825. The van der Waals surface area contributed by atoms with E-state index in [-0.39, 0.29) is 5.69 Å². The van der Waals surface area contributed by atoms with E-state index in [2.05, 4.69) is 25.9 Å². The number of aliphatic imine (C=N–C) groups is 1. The van der Waals surface area contributed by atoms with E-state index in [0.717, 1.165) is 16.7 Å². The first-order valence-corrected chi connectivity index (χ1v) is 9.12. The number of hydrogen-bond donors (Lipinski definition) is 3. The van der Waals surface area contributed by atoms with Gasteiger partial charge in [0.1, 0.15) is 5.69 Å². The van der Waals surface area contributed by atoms with Crippen molar-refractivity contribution in [2.45, 2.75) is 12.6 Å². The number of hydrogen-bond acceptors (Lipinski definition) is 6. The van der Waals surface area contributed by atoms with Crippen LogP contribution >= 0.6 is 11.3 Å². The van der Waals surface area contributed by atoms with Crippen molar-refractivity contribution in [3.05, 3.63) is 50.5 Å². The summed E-state index contributed by atoms with van der Waals surface area (Å²) in [5.41, 5.74) is -0.468. The molecule has 1 aromatic carbocycles. The van der Waals surface area contributed by atoms with Gasteiger partial charge in [-0.05, 0) is 6.07 Å². The molecule has 0 aliphatic carbocycles. The molecule has 0 atom stereocenters. The normalized spacial score (nSPS) is 11.9. The van der Waals surface area contributed by atoms with Gasteiger partial charge in [0, 0.05) is 44.5 Å². The molecule has 12 heteroatoms. The summed E-state index contributed by atoms with van der Waals surface area (Å²) in [7, 11) is 1.57. The maximum atomic E-state index is 12.5. The Balaban J connectivity index is 1.72. The number of anilines is 1. The summed E-state index contributed by atoms with van der Waals surface area (Å²) < 4.78 is 37.6. The minimum Gasteiger partial charge on any atom is -0.378 e. The number of para-hydroxylation sites is 2. The molecule has 152 valence electrons. The van der Waals surface area contributed by atoms with Gasteiger partial charge in [-0.15, -0.1) is 11.3 Å². The first-order valence-electron chi connectivity index (χ1n) is 8.24. The predicted molar refractivity (Wildman–Crippen MR) is 102 cm³/mol. The first-order chi connectivity index (χ1) is 13.3. The molecule has 0 fully saturated rings. The summed E-state index contributed by atoms with van der Waals surface area (Å²) in [6.07, 6.45) is -4.10. The Kier molecular flexibility index (Phi) is 7.55. The molecule has 0 saturated heterocycles. The highest BCUT2D eigenvalue weighted by molar-refractivity contribution is 7.09. The molecular weight excluding hydrogens is 397 g/mol. The fourth-order valence-electron chi connectivity index (χ4n) is 2.22. The van der Waals surface area contributed by atoms with E-state index >= 15 is 0 Å². The monoisotopic (exact) mass is 416 g/mol. The van der Waals surface area contributed by atoms with Crippen molar-refractivity contribution in [1.82, 2.24) is 15.6 Å². The van der Waals surface area contributed by atoms with E-state index in [1.165, 1.54) is 6.07 Å². The number of alkyl halides is 3. The third-order valence-corrected chi connectivity index (χ3v) is 4.44. The zero-order valence-electron chi connectivity index (χ0n) is 14.9. The highest BCUT2D eigenvalue weighted by Crippen LogP contribution is 2.30. The van der Waals surface area contributed by atoms with Gasteiger partial charge < -0.3 is 16.0 Å². The Labute approximate surface area is 163 Å². The number of rotatable bonds is 8. The molecule has 0 spiro atoms. The van der Waals surface area contributed by atoms with E-state index < -0.39 is 16.8 Å². The average Bonchev–Trinajstić information content (AvgIpc) is 3.13. The number of guanidine groups is 1. The molecule has 28 heavy (non-hydrogen) atoms. The number of thiazole rings is 1. The van der Waals surface area contributed by atoms with Crippen LogP contribution in [0.4, 0.5) is 24.5 Å². The van der Waals surface area contributed by atoms with E-state index in [0.29, 0.717) is 42.7 Å². The molecule has 0 aliphatic heterocycles. The second kappa shape index (κ2) is 9.88. The van der Waals surface area contributed by atoms with Crippen molar-refractivity contribution >= 4 is 28.7 Å². The van der Waals surface area contributed by atoms with E-state index in [1.54, 1.807) is 25.2 Å². The summed E-state index contributed by atoms with van der Waals surface area (Å²) >= 11 is 0.962. The lowest BCUT2D eigenvalue weighted by molar-refractivity contribution is -0.384. The van der Waals surface area contributed by atoms with Crippen LogP contribution in [-0.2, 0) is 12.6 Å². The third-order valence-electron chi connectivity index (χ3n) is 3.53. The van der Waals surface area contributed by atoms with Crippen molar-refractivity contribution in [2.24, 2.45) is 4.99 Å². The van der Waals surface area contributed by atoms with Crippen LogP contribution in [-0.4, -0.2) is 42.5 Å². The smallest absolute Gasteiger partial charge is 0.378 e. The molecule has 0 aliphatic rings. The number of benzene rings is 1. The van der Waals surface area contributed by atoms with Gasteiger partial charge in [0.15, 0.2) is 11.7 Å². The Hall–Kier alpha value is -2.89. The molecule has 8 nitrogen and oxygen atoms in total. The zero-order valence-corrected chi connectivity index (χ0v) is 15.7. The Morgan fingerprint density at radius 1 is 1.25 bits per heavy atom. The highest BCUT2D eigenvalue weighted by Gasteiger charge is 2.33. The van der Waals surface area contributed by atoms with Crippen LogP contribution in [0.2, 0.25) is 0 Å². The highest BCUT2D eigenvalue weighted by atomic mass is 32.1. The van der Waals surface area contributed by atoms with Crippen molar-refractivity contribution in [3.63, 3.8) is 0 Å². The van der Waals surface area contributed by atoms with Crippen molar-refractivity contribution < 1.29 is 18.1 Å². The molecular formula is C16H19F3N6O2S. The Morgan fingerprint density at radius 2 is 1.96 bits per heavy atom. The van der Waals surface area contributed by atoms with Gasteiger partial charge in [-0.2, -0.15) is 13.2 Å². The van der Waals surface area contributed by atoms with E-state index in [9.17, 15) is 23.3 Å². The van der Waals surface area contributed by atoms with Crippen LogP contribution in [0, 0.1) is 10.1 Å². The number of nitrogens with zero attached hydrogens (tertiary/aromatic N) is 3. The third kappa shape index (κ3) is 6.37. The number of nitro benzene ring substituents is 1. The molecule has 2 aromatic rings. The molecule has 0 unspecified atom stereocenters. The Morgan fingerprint density at radius 3 is 2.61 bits per heavy atom. The van der Waals surface area contributed by atoms with Crippen molar-refractivity contribution in [2.75, 3.05) is 32.0 Å². The van der Waals surface area contributed by atoms with Crippen molar-refractivity contribution in [3.8, 4) is 0 Å². The van der Waals surface area contributed by atoms with Gasteiger partial charge in [-0.1, -0.05) is 12.1 Å². The fraction of sp³-hybridized carbons (Fsp3) is 0.375. The number of nitro groups is 1. The van der Waals surface area contributed by atoms with E-state index in [4.69, 9.17) is 0 Å². The summed E-state index contributed by atoms with van der Waals surface area (Å²) in [6.45, 7) is 1.20. The molecule has 1 heterocycles. The van der Waals surface area contributed by atoms with Crippen LogP contribution in [0.1, 0.15) is 10.7 Å². The summed E-state index contributed by atoms with van der Waals surface area (Å²) in [5, 5.41) is 21.3. The largest absolute Gasteiger partial charge is 0.434 e. The summed E-state index contributed by atoms with van der Waals surface area (Å²) in [5.74, 6) is 0.469. The number of nitrogens with one attached hydrogen (secondary N) is 3. The van der Waals surface area contributed by atoms with Crippen LogP contribution in [0.15, 0.2) is 34.6 Å². The lowest BCUT2D eigenvalue weighted by Gasteiger charge is -2.12. The summed E-state index contributed by atoms with van der Waals surface area (Å²) in [4.78, 5) is 18.1. The number of halogens is 3. The fourth-order valence-corrected chi connectivity index (χ4v) is 3.03. The average molecular weight is 416 g/mol. The quantitative estimate of drug-likeness (QED) is 0.201. The number of aromatic nitrogens is 1. The lowest BCUT2D eigenvalue weighted by Crippen LogP contribution is -2.40. The van der Waals surface area contributed by atoms with Gasteiger partial charge in [-0.25, -0.2) is 4.98 Å². The SMILES string of the molecule is CN=C(NCCNc1ccccc1[N+](=O)[O-])NCCc1nc(C(F)(F)F)cs1. The van der Waals surface area contributed by atoms with Crippen LogP contribution < -0.4 is 16.0 Å². The van der Waals surface area contributed by atoms with Crippen LogP contribution in [0.3, 0.4) is 0 Å². The standard InChI is InChI=1S/C16H19F3N6O2S/c1-20-15(22-7-6-14-24-13(10-28-14)16(17,18)19)23-9-8-21-11-4-2-3-5-12(11)25(26)27/h2-5,10,21H,6-9H2,1H3,(H2,20,22,23). The van der Waals surface area contributed by atoms with Gasteiger partial charge in [-0.3, -0.25) is 15.1 Å². The van der Waals surface area contributed by atoms with Gasteiger partial charge in [0.25, 0.3) is 5.69 Å². The second-order valence-corrected chi connectivity index (χ2v) is 6.44. The zero-order chi connectivity index (χ0) is 20.6. The molecule has 1 aromatic heterocycles. The molecule has 0 saturated carbocycles. The molecule has 3 N–H and O–H groups in total. The van der Waals surface area contributed by atoms with Gasteiger partial charge >= 0.3 is 6.18 Å². The van der Waals surface area contributed by atoms with Crippen molar-refractivity contribution in [1.29, 1.82) is 0 Å². The first kappa shape index (κ1) is 21.4. The lowest BCUT2D eigenvalue weighted by atomic mass is 10.2. The predicted octanol–water partition coefficient (Wildman–Crippen LogP) is 2.89. The maximum absolute atomic E-state index is 12.5. The molecule has 2 rings (SSSR count). The molecule has 0 amide bonds. The molecule has 0 bridgehead atoms. The van der Waals surface area contributed by atoms with Crippen LogP contribution in [0.5, 0.6) is 0 Å². The van der Waals surface area contributed by atoms with Gasteiger partial charge in [0.05, 0.1) is 9.93 Å². The van der Waals surface area contributed by atoms with E-state index in [1.807, 2.05) is 0 Å². The topological polar surface area (TPSA) is 104 Å². The maximum Gasteiger partial charge on any atom is 0.434 e. The second-order valence-electron chi connectivity index (χ2n) is 5.50. The minimum absolute atomic E-state index is 0.00770. The molecule has 0 radical (unpaired) electrons.